The number of aromatic nitrogens is 1. The predicted molar refractivity (Wildman–Crippen MR) is 99.9 cm³/mol. The highest BCUT2D eigenvalue weighted by molar-refractivity contribution is 6.10. The van der Waals surface area contributed by atoms with Crippen molar-refractivity contribution in [3.63, 3.8) is 0 Å². The standard InChI is InChI=1S/C20H16N2O4/c1-22-16(19(23)21-12-7-9-13(25-2)10-8-12)11-15-18(22)14-5-3-4-6-17(14)26-20(15)24/h3-11H,1-2H3,(H,21,23). The van der Waals surface area contributed by atoms with Crippen molar-refractivity contribution in [1.29, 1.82) is 0 Å². The second-order valence-electron chi connectivity index (χ2n) is 5.92. The first-order valence-electron chi connectivity index (χ1n) is 8.05. The molecule has 0 aliphatic rings. The van der Waals surface area contributed by atoms with Crippen LogP contribution in [0.5, 0.6) is 5.75 Å². The van der Waals surface area contributed by atoms with Gasteiger partial charge in [0.05, 0.1) is 18.0 Å². The van der Waals surface area contributed by atoms with E-state index in [1.807, 2.05) is 12.1 Å². The Balaban J connectivity index is 1.80. The average molecular weight is 348 g/mol. The van der Waals surface area contributed by atoms with Crippen LogP contribution in [-0.2, 0) is 7.05 Å². The summed E-state index contributed by atoms with van der Waals surface area (Å²) >= 11 is 0. The number of methoxy groups -OCH3 is 1. The number of nitrogens with one attached hydrogen (secondary N) is 1. The average Bonchev–Trinajstić information content (AvgIpc) is 3.01. The lowest BCUT2D eigenvalue weighted by molar-refractivity contribution is 0.102. The summed E-state index contributed by atoms with van der Waals surface area (Å²) in [6, 6.07) is 15.9. The molecular formula is C20H16N2O4. The largest absolute Gasteiger partial charge is 0.497 e. The van der Waals surface area contributed by atoms with Crippen molar-refractivity contribution in [3.05, 3.63) is 70.7 Å². The first-order valence-corrected chi connectivity index (χ1v) is 8.05. The Labute approximate surface area is 148 Å². The molecule has 2 aromatic heterocycles. The van der Waals surface area contributed by atoms with Crippen LogP contribution in [0.25, 0.3) is 21.9 Å². The molecule has 4 aromatic rings. The summed E-state index contributed by atoms with van der Waals surface area (Å²) in [5, 5.41) is 4.00. The van der Waals surface area contributed by atoms with Crippen molar-refractivity contribution in [2.24, 2.45) is 7.05 Å². The Hall–Kier alpha value is -3.54. The first-order chi connectivity index (χ1) is 12.6. The fourth-order valence-electron chi connectivity index (χ4n) is 3.08. The van der Waals surface area contributed by atoms with Crippen molar-refractivity contribution in [2.45, 2.75) is 0 Å². The minimum Gasteiger partial charge on any atom is -0.497 e. The number of nitrogens with zero attached hydrogens (tertiary/aromatic N) is 1. The maximum atomic E-state index is 12.7. The second-order valence-corrected chi connectivity index (χ2v) is 5.92. The number of aryl methyl sites for hydroxylation is 1. The van der Waals surface area contributed by atoms with E-state index in [9.17, 15) is 9.59 Å². The van der Waals surface area contributed by atoms with Gasteiger partial charge in [0.25, 0.3) is 5.91 Å². The van der Waals surface area contributed by atoms with Crippen LogP contribution in [0, 0.1) is 0 Å². The van der Waals surface area contributed by atoms with Gasteiger partial charge in [0.15, 0.2) is 0 Å². The molecule has 0 bridgehead atoms. The van der Waals surface area contributed by atoms with Gasteiger partial charge in [0.1, 0.15) is 17.0 Å². The molecule has 0 atom stereocenters. The molecule has 26 heavy (non-hydrogen) atoms. The third-order valence-corrected chi connectivity index (χ3v) is 4.38. The topological polar surface area (TPSA) is 73.5 Å². The number of hydrogen-bond acceptors (Lipinski definition) is 4. The number of carbonyl (C=O) groups is 1. The highest BCUT2D eigenvalue weighted by Crippen LogP contribution is 2.25. The molecule has 6 heteroatoms. The van der Waals surface area contributed by atoms with Gasteiger partial charge in [-0.05, 0) is 42.5 Å². The summed E-state index contributed by atoms with van der Waals surface area (Å²) in [5.74, 6) is 0.397. The number of hydrogen-bond donors (Lipinski definition) is 1. The molecule has 6 nitrogen and oxygen atoms in total. The van der Waals surface area contributed by atoms with Crippen molar-refractivity contribution >= 4 is 33.5 Å². The van der Waals surface area contributed by atoms with Gasteiger partial charge in [-0.25, -0.2) is 4.79 Å². The zero-order chi connectivity index (χ0) is 18.3. The molecule has 4 rings (SSSR count). The van der Waals surface area contributed by atoms with E-state index in [0.717, 1.165) is 5.39 Å². The molecule has 0 saturated heterocycles. The number of benzene rings is 2. The Bertz CT molecular complexity index is 1190. The Morgan fingerprint density at radius 1 is 1.08 bits per heavy atom. The van der Waals surface area contributed by atoms with Crippen molar-refractivity contribution in [1.82, 2.24) is 4.57 Å². The van der Waals surface area contributed by atoms with E-state index in [4.69, 9.17) is 9.15 Å². The minimum atomic E-state index is -0.460. The van der Waals surface area contributed by atoms with E-state index >= 15 is 0 Å². The summed E-state index contributed by atoms with van der Waals surface area (Å²) in [6.07, 6.45) is 0. The Morgan fingerprint density at radius 3 is 2.54 bits per heavy atom. The van der Waals surface area contributed by atoms with Gasteiger partial charge in [-0.2, -0.15) is 0 Å². The maximum Gasteiger partial charge on any atom is 0.345 e. The number of carbonyl (C=O) groups excluding carboxylic acids is 1. The summed E-state index contributed by atoms with van der Waals surface area (Å²) in [5.41, 5.74) is 1.72. The van der Waals surface area contributed by atoms with Crippen LogP contribution in [0.15, 0.2) is 63.8 Å². The molecule has 0 spiro atoms. The number of rotatable bonds is 3. The molecule has 130 valence electrons. The van der Waals surface area contributed by atoms with E-state index in [2.05, 4.69) is 5.32 Å². The maximum absolute atomic E-state index is 12.7. The first kappa shape index (κ1) is 16.0. The number of fused-ring (bicyclic) bond motifs is 3. The molecule has 2 aromatic carbocycles. The Morgan fingerprint density at radius 2 is 1.81 bits per heavy atom. The van der Waals surface area contributed by atoms with E-state index in [-0.39, 0.29) is 5.91 Å². The molecule has 0 saturated carbocycles. The van der Waals surface area contributed by atoms with Crippen LogP contribution in [-0.4, -0.2) is 17.6 Å². The molecular weight excluding hydrogens is 332 g/mol. The van der Waals surface area contributed by atoms with Gasteiger partial charge >= 0.3 is 5.63 Å². The highest BCUT2D eigenvalue weighted by atomic mass is 16.5. The fraction of sp³-hybridized carbons (Fsp3) is 0.100. The van der Waals surface area contributed by atoms with Gasteiger partial charge in [-0.3, -0.25) is 4.79 Å². The fourth-order valence-corrected chi connectivity index (χ4v) is 3.08. The van der Waals surface area contributed by atoms with Crippen LogP contribution in [0.1, 0.15) is 10.5 Å². The number of amides is 1. The van der Waals surface area contributed by atoms with E-state index < -0.39 is 5.63 Å². The summed E-state index contributed by atoms with van der Waals surface area (Å²) in [4.78, 5) is 25.0. The van der Waals surface area contributed by atoms with E-state index in [1.54, 1.807) is 61.2 Å². The highest BCUT2D eigenvalue weighted by Gasteiger charge is 2.18. The molecule has 0 unspecified atom stereocenters. The molecule has 1 amide bonds. The molecule has 2 heterocycles. The predicted octanol–water partition coefficient (Wildman–Crippen LogP) is 3.55. The summed E-state index contributed by atoms with van der Waals surface area (Å²) < 4.78 is 12.2. The molecule has 0 fully saturated rings. The zero-order valence-corrected chi connectivity index (χ0v) is 14.3. The molecule has 1 N–H and O–H groups in total. The summed E-state index contributed by atoms with van der Waals surface area (Å²) in [7, 11) is 3.34. The lowest BCUT2D eigenvalue weighted by atomic mass is 10.2. The van der Waals surface area contributed by atoms with Gasteiger partial charge < -0.3 is 19.0 Å². The van der Waals surface area contributed by atoms with E-state index in [0.29, 0.717) is 33.6 Å². The van der Waals surface area contributed by atoms with Crippen molar-refractivity contribution in [3.8, 4) is 5.75 Å². The van der Waals surface area contributed by atoms with Gasteiger partial charge in [0.2, 0.25) is 0 Å². The SMILES string of the molecule is COc1ccc(NC(=O)c2cc3c(=O)oc4ccccc4c3n2C)cc1. The number of anilines is 1. The van der Waals surface area contributed by atoms with Gasteiger partial charge in [-0.15, -0.1) is 0 Å². The minimum absolute atomic E-state index is 0.308. The lowest BCUT2D eigenvalue weighted by Gasteiger charge is -2.08. The third kappa shape index (κ3) is 2.52. The Kier molecular flexibility index (Phi) is 3.73. The van der Waals surface area contributed by atoms with Crippen LogP contribution in [0.3, 0.4) is 0 Å². The van der Waals surface area contributed by atoms with Gasteiger partial charge in [0, 0.05) is 18.1 Å². The lowest BCUT2D eigenvalue weighted by Crippen LogP contribution is -2.15. The monoisotopic (exact) mass is 348 g/mol. The van der Waals surface area contributed by atoms with Crippen molar-refractivity contribution < 1.29 is 13.9 Å². The van der Waals surface area contributed by atoms with E-state index in [1.165, 1.54) is 0 Å². The van der Waals surface area contributed by atoms with Crippen molar-refractivity contribution in [2.75, 3.05) is 12.4 Å². The zero-order valence-electron chi connectivity index (χ0n) is 14.3. The number of ether oxygens (including phenoxy) is 1. The molecule has 0 aliphatic heterocycles. The summed E-state index contributed by atoms with van der Waals surface area (Å²) in [6.45, 7) is 0. The van der Waals surface area contributed by atoms with Crippen LogP contribution in [0.2, 0.25) is 0 Å². The molecule has 0 radical (unpaired) electrons. The van der Waals surface area contributed by atoms with Crippen LogP contribution >= 0.6 is 0 Å². The quantitative estimate of drug-likeness (QED) is 0.575. The second kappa shape index (κ2) is 6.07. The number of para-hydroxylation sites is 1. The normalized spacial score (nSPS) is 11.0. The smallest absolute Gasteiger partial charge is 0.345 e. The van der Waals surface area contributed by atoms with Crippen LogP contribution in [0.4, 0.5) is 5.69 Å². The molecule has 0 aliphatic carbocycles. The van der Waals surface area contributed by atoms with Crippen LogP contribution < -0.4 is 15.7 Å². The van der Waals surface area contributed by atoms with Gasteiger partial charge in [-0.1, -0.05) is 12.1 Å². The third-order valence-electron chi connectivity index (χ3n) is 4.38.